The van der Waals surface area contributed by atoms with Crippen molar-refractivity contribution in [2.45, 2.75) is 33.2 Å². The molecule has 24 heavy (non-hydrogen) atoms. The second-order valence-electron chi connectivity index (χ2n) is 5.72. The van der Waals surface area contributed by atoms with Crippen LogP contribution in [0.1, 0.15) is 32.8 Å². The molecule has 0 aliphatic carbocycles. The maximum absolute atomic E-state index is 12.9. The lowest BCUT2D eigenvalue weighted by atomic mass is 10.1. The van der Waals surface area contributed by atoms with Gasteiger partial charge in [-0.25, -0.2) is 0 Å². The summed E-state index contributed by atoms with van der Waals surface area (Å²) in [7, 11) is 0. The minimum Gasteiger partial charge on any atom is -0.308 e. The highest BCUT2D eigenvalue weighted by atomic mass is 79.9. The summed E-state index contributed by atoms with van der Waals surface area (Å²) in [6, 6.07) is 5.73. The summed E-state index contributed by atoms with van der Waals surface area (Å²) in [5.74, 6) is -0.290. The molecule has 0 bridgehead atoms. The second-order valence-corrected chi connectivity index (χ2v) is 8.28. The number of hydrogen-bond acceptors (Lipinski definition) is 4. The Morgan fingerprint density at radius 3 is 2.58 bits per heavy atom. The van der Waals surface area contributed by atoms with Crippen LogP contribution in [0.3, 0.4) is 0 Å². The van der Waals surface area contributed by atoms with E-state index in [1.807, 2.05) is 39.0 Å². The molecular weight excluding hydrogens is 408 g/mol. The van der Waals surface area contributed by atoms with Gasteiger partial charge in [0.1, 0.15) is 4.32 Å². The number of anilines is 1. The Labute approximate surface area is 159 Å². The molecule has 0 aromatic heterocycles. The topological polar surface area (TPSA) is 40.6 Å². The van der Waals surface area contributed by atoms with Crippen LogP contribution < -0.4 is 4.90 Å². The molecule has 0 saturated carbocycles. The van der Waals surface area contributed by atoms with E-state index in [0.717, 1.165) is 22.1 Å². The van der Waals surface area contributed by atoms with E-state index in [1.54, 1.807) is 9.80 Å². The highest BCUT2D eigenvalue weighted by Crippen LogP contribution is 2.45. The van der Waals surface area contributed by atoms with Crippen molar-refractivity contribution >= 4 is 67.3 Å². The zero-order valence-electron chi connectivity index (χ0n) is 13.6. The summed E-state index contributed by atoms with van der Waals surface area (Å²) in [6.45, 7) is 6.47. The van der Waals surface area contributed by atoms with E-state index in [-0.39, 0.29) is 17.9 Å². The molecule has 1 saturated heterocycles. The molecule has 2 aliphatic rings. The minimum atomic E-state index is -0.161. The zero-order valence-corrected chi connectivity index (χ0v) is 16.8. The van der Waals surface area contributed by atoms with Gasteiger partial charge in [0.2, 0.25) is 0 Å². The van der Waals surface area contributed by atoms with Crippen molar-refractivity contribution in [3.63, 3.8) is 0 Å². The van der Waals surface area contributed by atoms with Crippen molar-refractivity contribution in [2.24, 2.45) is 0 Å². The summed E-state index contributed by atoms with van der Waals surface area (Å²) in [5.41, 5.74) is 2.10. The molecular formula is C17H17BrN2O2S2. The van der Waals surface area contributed by atoms with E-state index < -0.39 is 0 Å². The number of carbonyl (C=O) groups excluding carboxylic acids is 2. The number of thiocarbonyl (C=S) groups is 1. The molecule has 0 spiro atoms. The third-order valence-electron chi connectivity index (χ3n) is 4.35. The van der Waals surface area contributed by atoms with E-state index in [2.05, 4.69) is 15.9 Å². The molecule has 2 heterocycles. The van der Waals surface area contributed by atoms with Crippen LogP contribution in [0.15, 0.2) is 27.6 Å². The Morgan fingerprint density at radius 2 is 1.96 bits per heavy atom. The fourth-order valence-corrected chi connectivity index (χ4v) is 4.82. The molecule has 2 amide bonds. The van der Waals surface area contributed by atoms with E-state index in [4.69, 9.17) is 12.2 Å². The van der Waals surface area contributed by atoms with Gasteiger partial charge in [0.15, 0.2) is 0 Å². The second kappa shape index (κ2) is 6.61. The van der Waals surface area contributed by atoms with Crippen LogP contribution >= 0.6 is 39.9 Å². The number of thioether (sulfide) groups is 1. The average molecular weight is 425 g/mol. The first-order valence-corrected chi connectivity index (χ1v) is 9.83. The first-order valence-electron chi connectivity index (χ1n) is 7.82. The monoisotopic (exact) mass is 424 g/mol. The molecule has 126 valence electrons. The van der Waals surface area contributed by atoms with Crippen LogP contribution in [0, 0.1) is 0 Å². The number of amides is 2. The standard InChI is InChI=1S/C17H17BrN2O2S2/c1-4-9(3)20-16(22)14(24-17(20)23)13-11-8-10(18)6-7-12(11)19(5-2)15(13)21/h6-9H,4-5H2,1-3H3/b14-13+. The normalized spacial score (nSPS) is 21.8. The van der Waals surface area contributed by atoms with Crippen LogP contribution in [0.25, 0.3) is 5.57 Å². The van der Waals surface area contributed by atoms with E-state index in [9.17, 15) is 9.59 Å². The number of fused-ring (bicyclic) bond motifs is 1. The molecule has 1 aromatic carbocycles. The van der Waals surface area contributed by atoms with Crippen LogP contribution in [0.5, 0.6) is 0 Å². The smallest absolute Gasteiger partial charge is 0.267 e. The number of rotatable bonds is 3. The number of likely N-dealkylation sites (N-methyl/N-ethyl adjacent to an activating group) is 1. The fraction of sp³-hybridized carbons (Fsp3) is 0.353. The van der Waals surface area contributed by atoms with Crippen LogP contribution in [-0.4, -0.2) is 33.6 Å². The number of hydrogen-bond donors (Lipinski definition) is 0. The molecule has 0 radical (unpaired) electrons. The maximum atomic E-state index is 12.9. The Balaban J connectivity index is 2.17. The Hall–Kier alpha value is -1.18. The third kappa shape index (κ3) is 2.62. The number of halogens is 1. The average Bonchev–Trinajstić information content (AvgIpc) is 2.99. The zero-order chi connectivity index (χ0) is 17.6. The number of benzene rings is 1. The predicted molar refractivity (Wildman–Crippen MR) is 106 cm³/mol. The van der Waals surface area contributed by atoms with Crippen molar-refractivity contribution < 1.29 is 9.59 Å². The van der Waals surface area contributed by atoms with Crippen molar-refractivity contribution in [3.8, 4) is 0 Å². The van der Waals surface area contributed by atoms with Gasteiger partial charge in [0, 0.05) is 22.6 Å². The highest BCUT2D eigenvalue weighted by Gasteiger charge is 2.42. The van der Waals surface area contributed by atoms with Crippen molar-refractivity contribution in [1.29, 1.82) is 0 Å². The lowest BCUT2D eigenvalue weighted by molar-refractivity contribution is -0.123. The van der Waals surface area contributed by atoms with Gasteiger partial charge in [-0.15, -0.1) is 0 Å². The van der Waals surface area contributed by atoms with Crippen LogP contribution in [0.2, 0.25) is 0 Å². The first kappa shape index (κ1) is 17.6. The van der Waals surface area contributed by atoms with Gasteiger partial charge < -0.3 is 4.90 Å². The molecule has 1 atom stereocenters. The van der Waals surface area contributed by atoms with Gasteiger partial charge in [-0.3, -0.25) is 14.5 Å². The largest absolute Gasteiger partial charge is 0.308 e. The van der Waals surface area contributed by atoms with Gasteiger partial charge in [-0.05, 0) is 38.5 Å². The Morgan fingerprint density at radius 1 is 1.25 bits per heavy atom. The van der Waals surface area contributed by atoms with Crippen molar-refractivity contribution in [2.75, 3.05) is 11.4 Å². The molecule has 2 aliphatic heterocycles. The summed E-state index contributed by atoms with van der Waals surface area (Å²) >= 11 is 10.1. The lowest BCUT2D eigenvalue weighted by Gasteiger charge is -2.21. The molecule has 1 aromatic rings. The molecule has 1 unspecified atom stereocenters. The predicted octanol–water partition coefficient (Wildman–Crippen LogP) is 4.19. The Bertz CT molecular complexity index is 791. The third-order valence-corrected chi connectivity index (χ3v) is 6.25. The van der Waals surface area contributed by atoms with Crippen LogP contribution in [0.4, 0.5) is 5.69 Å². The lowest BCUT2D eigenvalue weighted by Crippen LogP contribution is -2.36. The highest BCUT2D eigenvalue weighted by molar-refractivity contribution is 9.10. The molecule has 3 rings (SSSR count). The van der Waals surface area contributed by atoms with Crippen molar-refractivity contribution in [1.82, 2.24) is 4.90 Å². The van der Waals surface area contributed by atoms with Gasteiger partial charge in [-0.1, -0.05) is 46.8 Å². The molecule has 4 nitrogen and oxygen atoms in total. The summed E-state index contributed by atoms with van der Waals surface area (Å²) < 4.78 is 1.40. The van der Waals surface area contributed by atoms with Gasteiger partial charge in [-0.2, -0.15) is 0 Å². The van der Waals surface area contributed by atoms with E-state index in [0.29, 0.717) is 21.3 Å². The van der Waals surface area contributed by atoms with E-state index >= 15 is 0 Å². The van der Waals surface area contributed by atoms with Crippen LogP contribution in [-0.2, 0) is 9.59 Å². The fourth-order valence-electron chi connectivity index (χ4n) is 2.93. The Kier molecular flexibility index (Phi) is 4.86. The SMILES string of the molecule is CCC(C)N1C(=O)/C(=C2\C(=O)N(CC)c3ccc(Br)cc32)SC1=S. The minimum absolute atomic E-state index is 0.0244. The maximum Gasteiger partial charge on any atom is 0.267 e. The van der Waals surface area contributed by atoms with Gasteiger partial charge >= 0.3 is 0 Å². The number of carbonyl (C=O) groups is 2. The quantitative estimate of drug-likeness (QED) is 0.538. The van der Waals surface area contributed by atoms with Gasteiger partial charge in [0.05, 0.1) is 16.2 Å². The summed E-state index contributed by atoms with van der Waals surface area (Å²) in [5, 5.41) is 0. The number of nitrogens with zero attached hydrogens (tertiary/aromatic N) is 2. The molecule has 0 N–H and O–H groups in total. The summed E-state index contributed by atoms with van der Waals surface area (Å²) in [6.07, 6.45) is 0.812. The summed E-state index contributed by atoms with van der Waals surface area (Å²) in [4.78, 5) is 29.6. The molecule has 1 fully saturated rings. The first-order chi connectivity index (χ1) is 11.4. The molecule has 7 heteroatoms. The van der Waals surface area contributed by atoms with Crippen molar-refractivity contribution in [3.05, 3.63) is 33.1 Å². The van der Waals surface area contributed by atoms with E-state index in [1.165, 1.54) is 11.8 Å². The van der Waals surface area contributed by atoms with Gasteiger partial charge in [0.25, 0.3) is 11.8 Å².